The number of benzene rings is 8. The molecule has 0 saturated heterocycles. The minimum atomic E-state index is -0.195. The molecule has 1 heterocycles. The lowest BCUT2D eigenvalue weighted by Crippen LogP contribution is -2.21. The molecule has 0 fully saturated rings. The minimum absolute atomic E-state index is 0.195. The Bertz CT molecular complexity index is 2770. The molecule has 0 radical (unpaired) electrons. The molecule has 0 bridgehead atoms. The van der Waals surface area contributed by atoms with E-state index in [0.29, 0.717) is 0 Å². The van der Waals surface area contributed by atoms with E-state index in [1.54, 1.807) is 0 Å². The van der Waals surface area contributed by atoms with Crippen LogP contribution in [-0.4, -0.2) is 0 Å². The maximum atomic E-state index is 7.22. The topological polar surface area (TPSA) is 12.5 Å². The zero-order chi connectivity index (χ0) is 36.7. The average Bonchev–Trinajstić information content (AvgIpc) is 3.54. The minimum Gasteiger partial charge on any atom is -0.453 e. The molecule has 260 valence electrons. The van der Waals surface area contributed by atoms with Gasteiger partial charge in [-0.25, -0.2) is 0 Å². The summed E-state index contributed by atoms with van der Waals surface area (Å²) in [5, 5.41) is 5.23. The summed E-state index contributed by atoms with van der Waals surface area (Å²) < 4.78 is 7.22. The Morgan fingerprint density at radius 2 is 0.852 bits per heavy atom. The van der Waals surface area contributed by atoms with Gasteiger partial charge in [0.15, 0.2) is 11.5 Å². The molecule has 2 nitrogen and oxygen atoms in total. The lowest BCUT2D eigenvalue weighted by atomic mass is 9.80. The van der Waals surface area contributed by atoms with Gasteiger partial charge in [-0.2, -0.15) is 0 Å². The highest BCUT2D eigenvalue weighted by Gasteiger charge is 2.43. The number of aryl methyl sites for hydroxylation is 2. The molecule has 8 aromatic rings. The smallest absolute Gasteiger partial charge is 0.152 e. The number of anilines is 3. The second-order valence-corrected chi connectivity index (χ2v) is 16.6. The average molecular weight is 696 g/mol. The largest absolute Gasteiger partial charge is 0.453 e. The molecule has 0 N–H and O–H groups in total. The molecule has 0 aromatic heterocycles. The van der Waals surface area contributed by atoms with Crippen LogP contribution in [0.25, 0.3) is 54.9 Å². The Kier molecular flexibility index (Phi) is 6.24. The van der Waals surface area contributed by atoms with Gasteiger partial charge >= 0.3 is 0 Å². The molecule has 0 spiro atoms. The van der Waals surface area contributed by atoms with Gasteiger partial charge in [0.25, 0.3) is 0 Å². The lowest BCUT2D eigenvalue weighted by molar-refractivity contribution is 0.476. The second-order valence-electron chi connectivity index (χ2n) is 16.6. The van der Waals surface area contributed by atoms with Gasteiger partial charge in [-0.15, -0.1) is 0 Å². The van der Waals surface area contributed by atoms with E-state index in [0.717, 1.165) is 28.6 Å². The fourth-order valence-electron chi connectivity index (χ4n) is 10.1. The molecule has 0 amide bonds. The Morgan fingerprint density at radius 3 is 1.37 bits per heavy atom. The van der Waals surface area contributed by atoms with Gasteiger partial charge in [-0.05, 0) is 127 Å². The van der Waals surface area contributed by atoms with Crippen molar-refractivity contribution in [2.75, 3.05) is 4.90 Å². The van der Waals surface area contributed by atoms with Crippen molar-refractivity contribution >= 4 is 38.6 Å². The van der Waals surface area contributed by atoms with Crippen LogP contribution < -0.4 is 9.64 Å². The highest BCUT2D eigenvalue weighted by atomic mass is 16.5. The predicted molar refractivity (Wildman–Crippen MR) is 226 cm³/mol. The maximum absolute atomic E-state index is 7.22. The Labute approximate surface area is 317 Å². The van der Waals surface area contributed by atoms with Crippen LogP contribution in [0.4, 0.5) is 17.1 Å². The predicted octanol–water partition coefficient (Wildman–Crippen LogP) is 14.5. The summed E-state index contributed by atoms with van der Waals surface area (Å²) in [7, 11) is 0. The molecule has 11 rings (SSSR count). The summed E-state index contributed by atoms with van der Waals surface area (Å²) in [6, 6.07) is 51.8. The molecule has 1 aliphatic heterocycles. The first kappa shape index (κ1) is 31.4. The molecule has 8 aromatic carbocycles. The molecule has 0 atom stereocenters. The molecule has 3 aliphatic rings. The standard InChI is InChI=1S/C52H41NO/c1-30-24-42-49(36-21-12-10-18-33(30)36)38-26-47-45(28-40(38)51(42,3)4)53(44-23-15-14-20-35(44)32-16-8-7-9-17-32)46-29-41-39(27-48(46)54-47)50-37-22-13-11-19-34(37)31(2)25-43(50)52(41,5)6/h7-29H,1-6H3. The molecule has 2 heteroatoms. The lowest BCUT2D eigenvalue weighted by Gasteiger charge is -2.36. The van der Waals surface area contributed by atoms with Crippen LogP contribution in [0.2, 0.25) is 0 Å². The van der Waals surface area contributed by atoms with E-state index in [-0.39, 0.29) is 10.8 Å². The van der Waals surface area contributed by atoms with E-state index in [4.69, 9.17) is 4.74 Å². The maximum Gasteiger partial charge on any atom is 0.152 e. The van der Waals surface area contributed by atoms with Crippen LogP contribution in [0.15, 0.2) is 140 Å². The van der Waals surface area contributed by atoms with E-state index in [1.807, 2.05) is 0 Å². The highest BCUT2D eigenvalue weighted by Crippen LogP contribution is 2.62. The summed E-state index contributed by atoms with van der Waals surface area (Å²) >= 11 is 0. The Balaban J connectivity index is 1.21. The number of hydrogen-bond donors (Lipinski definition) is 0. The number of ether oxygens (including phenoxy) is 1. The number of hydrogen-bond acceptors (Lipinski definition) is 2. The first-order valence-electron chi connectivity index (χ1n) is 19.2. The van der Waals surface area contributed by atoms with Gasteiger partial charge in [-0.3, -0.25) is 0 Å². The van der Waals surface area contributed by atoms with E-state index in [1.165, 1.54) is 88.3 Å². The zero-order valence-electron chi connectivity index (χ0n) is 31.6. The normalized spacial score (nSPS) is 15.3. The fraction of sp³-hybridized carbons (Fsp3) is 0.154. The third kappa shape index (κ3) is 4.06. The van der Waals surface area contributed by atoms with E-state index in [9.17, 15) is 0 Å². The van der Waals surface area contributed by atoms with Gasteiger partial charge in [0.2, 0.25) is 0 Å². The van der Waals surface area contributed by atoms with Gasteiger partial charge in [0, 0.05) is 16.4 Å². The van der Waals surface area contributed by atoms with Crippen LogP contribution in [0.3, 0.4) is 0 Å². The highest BCUT2D eigenvalue weighted by molar-refractivity contribution is 6.07. The molecule has 2 aliphatic carbocycles. The van der Waals surface area contributed by atoms with Crippen molar-refractivity contribution in [3.63, 3.8) is 0 Å². The number of rotatable bonds is 2. The van der Waals surface area contributed by atoms with Crippen LogP contribution >= 0.6 is 0 Å². The molecule has 54 heavy (non-hydrogen) atoms. The second kappa shape index (κ2) is 10.7. The molecule has 0 saturated carbocycles. The summed E-state index contributed by atoms with van der Waals surface area (Å²) in [5.41, 5.74) is 18.5. The molecular weight excluding hydrogens is 655 g/mol. The van der Waals surface area contributed by atoms with Crippen molar-refractivity contribution in [3.8, 4) is 44.9 Å². The quantitative estimate of drug-likeness (QED) is 0.178. The van der Waals surface area contributed by atoms with Gasteiger partial charge < -0.3 is 9.64 Å². The summed E-state index contributed by atoms with van der Waals surface area (Å²) in [4.78, 5) is 2.49. The van der Waals surface area contributed by atoms with E-state index < -0.39 is 0 Å². The van der Waals surface area contributed by atoms with Crippen LogP contribution in [-0.2, 0) is 10.8 Å². The number of nitrogens with zero attached hydrogens (tertiary/aromatic N) is 1. The van der Waals surface area contributed by atoms with Crippen molar-refractivity contribution in [3.05, 3.63) is 173 Å². The number of fused-ring (bicyclic) bond motifs is 12. The summed E-state index contributed by atoms with van der Waals surface area (Å²) in [5.74, 6) is 1.76. The molecule has 0 unspecified atom stereocenters. The Morgan fingerprint density at radius 1 is 0.407 bits per heavy atom. The first-order chi connectivity index (χ1) is 26.1. The molecular formula is C52H41NO. The Hall–Kier alpha value is -6.12. The SMILES string of the molecule is Cc1cc2c(c3ccccc13)-c1cc3c(cc1C2(C)C)N(c1ccccc1-c1ccccc1)c1cc2c(cc1O3)-c1c(cc(C)c3ccccc13)C2(C)C. The summed E-state index contributed by atoms with van der Waals surface area (Å²) in [6.07, 6.45) is 0. The third-order valence-electron chi connectivity index (χ3n) is 12.9. The third-order valence-corrected chi connectivity index (χ3v) is 12.9. The van der Waals surface area contributed by atoms with Crippen molar-refractivity contribution in [2.45, 2.75) is 52.4 Å². The van der Waals surface area contributed by atoms with Crippen molar-refractivity contribution < 1.29 is 4.74 Å². The zero-order valence-corrected chi connectivity index (χ0v) is 31.6. The van der Waals surface area contributed by atoms with Gasteiger partial charge in [-0.1, -0.05) is 137 Å². The van der Waals surface area contributed by atoms with Crippen molar-refractivity contribution in [1.82, 2.24) is 0 Å². The van der Waals surface area contributed by atoms with E-state index >= 15 is 0 Å². The van der Waals surface area contributed by atoms with Crippen LogP contribution in [0.1, 0.15) is 61.1 Å². The van der Waals surface area contributed by atoms with E-state index in [2.05, 4.69) is 186 Å². The summed E-state index contributed by atoms with van der Waals surface area (Å²) in [6.45, 7) is 14.0. The van der Waals surface area contributed by atoms with Crippen LogP contribution in [0, 0.1) is 13.8 Å². The number of para-hydroxylation sites is 1. The van der Waals surface area contributed by atoms with Gasteiger partial charge in [0.1, 0.15) is 0 Å². The fourth-order valence-corrected chi connectivity index (χ4v) is 10.1. The first-order valence-corrected chi connectivity index (χ1v) is 19.2. The monoisotopic (exact) mass is 695 g/mol. The van der Waals surface area contributed by atoms with Crippen LogP contribution in [0.5, 0.6) is 11.5 Å². The van der Waals surface area contributed by atoms with Gasteiger partial charge in [0.05, 0.1) is 17.1 Å². The van der Waals surface area contributed by atoms with Crippen molar-refractivity contribution in [2.24, 2.45) is 0 Å². The van der Waals surface area contributed by atoms with Crippen molar-refractivity contribution in [1.29, 1.82) is 0 Å².